The first-order chi connectivity index (χ1) is 9.99. The summed E-state index contributed by atoms with van der Waals surface area (Å²) in [5.74, 6) is 0. The predicted molar refractivity (Wildman–Crippen MR) is 90.9 cm³/mol. The topological polar surface area (TPSA) is 33.1 Å². The number of aromatic nitrogens is 2. The summed E-state index contributed by atoms with van der Waals surface area (Å²) in [6.07, 6.45) is 3.87. The lowest BCUT2D eigenvalue weighted by molar-refractivity contribution is 0.0694. The van der Waals surface area contributed by atoms with Gasteiger partial charge in [0.2, 0.25) is 0 Å². The van der Waals surface area contributed by atoms with E-state index in [4.69, 9.17) is 11.6 Å². The van der Waals surface area contributed by atoms with Crippen molar-refractivity contribution in [2.75, 3.05) is 20.1 Å². The Bertz CT molecular complexity index is 428. The van der Waals surface area contributed by atoms with Gasteiger partial charge in [0.25, 0.3) is 0 Å². The molecule has 1 heterocycles. The second-order valence-electron chi connectivity index (χ2n) is 5.71. The molecule has 1 aromatic rings. The second-order valence-corrected chi connectivity index (χ2v) is 6.11. The summed E-state index contributed by atoms with van der Waals surface area (Å²) in [7, 11) is 2.02. The van der Waals surface area contributed by atoms with Gasteiger partial charge in [0, 0.05) is 12.1 Å². The van der Waals surface area contributed by atoms with Gasteiger partial charge in [-0.05, 0) is 39.9 Å². The van der Waals surface area contributed by atoms with Crippen LogP contribution in [-0.4, -0.2) is 40.4 Å². The number of aryl methyl sites for hydroxylation is 1. The van der Waals surface area contributed by atoms with Crippen LogP contribution in [0.3, 0.4) is 0 Å². The first-order valence-electron chi connectivity index (χ1n) is 8.13. The van der Waals surface area contributed by atoms with Crippen molar-refractivity contribution in [1.29, 1.82) is 0 Å². The summed E-state index contributed by atoms with van der Waals surface area (Å²) < 4.78 is 2.06. The molecule has 0 aliphatic rings. The first-order valence-corrected chi connectivity index (χ1v) is 8.51. The van der Waals surface area contributed by atoms with Crippen LogP contribution in [0.25, 0.3) is 0 Å². The minimum Gasteiger partial charge on any atom is -0.310 e. The fourth-order valence-corrected chi connectivity index (χ4v) is 3.60. The monoisotopic (exact) mass is 314 g/mol. The lowest BCUT2D eigenvalue weighted by Crippen LogP contribution is -2.54. The SMILES string of the molecule is CCCn1ncc(Cl)c1C(NC)C(C)(CC)N(CC)CC. The molecular weight excluding hydrogens is 284 g/mol. The quantitative estimate of drug-likeness (QED) is 0.754. The standard InChI is InChI=1S/C16H31ClN4/c1-7-11-21-14(13(17)12-19-21)15(18-6)16(5,8-2)20(9-3)10-4/h12,15,18H,7-11H2,1-6H3. The maximum Gasteiger partial charge on any atom is 0.0834 e. The van der Waals surface area contributed by atoms with Gasteiger partial charge in [-0.2, -0.15) is 5.10 Å². The number of nitrogens with zero attached hydrogens (tertiary/aromatic N) is 3. The molecule has 0 aliphatic carbocycles. The van der Waals surface area contributed by atoms with E-state index in [-0.39, 0.29) is 11.6 Å². The van der Waals surface area contributed by atoms with Crippen molar-refractivity contribution < 1.29 is 0 Å². The third-order valence-electron chi connectivity index (χ3n) is 4.65. The van der Waals surface area contributed by atoms with E-state index < -0.39 is 0 Å². The highest BCUT2D eigenvalue weighted by Crippen LogP contribution is 2.37. The van der Waals surface area contributed by atoms with Crippen LogP contribution < -0.4 is 5.32 Å². The van der Waals surface area contributed by atoms with Gasteiger partial charge in [-0.3, -0.25) is 9.58 Å². The maximum absolute atomic E-state index is 6.47. The lowest BCUT2D eigenvalue weighted by atomic mass is 9.85. The molecule has 0 saturated carbocycles. The number of halogens is 1. The number of nitrogens with one attached hydrogen (secondary N) is 1. The Morgan fingerprint density at radius 2 is 1.95 bits per heavy atom. The molecule has 2 atom stereocenters. The van der Waals surface area contributed by atoms with Crippen molar-refractivity contribution in [2.24, 2.45) is 0 Å². The highest BCUT2D eigenvalue weighted by Gasteiger charge is 2.39. The zero-order valence-corrected chi connectivity index (χ0v) is 15.2. The van der Waals surface area contributed by atoms with E-state index in [0.29, 0.717) is 0 Å². The number of hydrogen-bond donors (Lipinski definition) is 1. The van der Waals surface area contributed by atoms with Crippen LogP contribution in [0.4, 0.5) is 0 Å². The molecule has 0 amide bonds. The highest BCUT2D eigenvalue weighted by atomic mass is 35.5. The first kappa shape index (κ1) is 18.5. The van der Waals surface area contributed by atoms with Crippen LogP contribution in [0.2, 0.25) is 5.02 Å². The Balaban J connectivity index is 3.30. The highest BCUT2D eigenvalue weighted by molar-refractivity contribution is 6.31. The van der Waals surface area contributed by atoms with Crippen molar-refractivity contribution in [3.63, 3.8) is 0 Å². The van der Waals surface area contributed by atoms with Gasteiger partial charge < -0.3 is 5.32 Å². The molecule has 0 aromatic carbocycles. The lowest BCUT2D eigenvalue weighted by Gasteiger charge is -2.45. The van der Waals surface area contributed by atoms with Crippen LogP contribution in [0, 0.1) is 0 Å². The van der Waals surface area contributed by atoms with Crippen LogP contribution in [-0.2, 0) is 6.54 Å². The Morgan fingerprint density at radius 3 is 2.38 bits per heavy atom. The third-order valence-corrected chi connectivity index (χ3v) is 4.95. The molecule has 0 saturated heterocycles. The summed E-state index contributed by atoms with van der Waals surface area (Å²) in [5, 5.41) is 8.72. The van der Waals surface area contributed by atoms with E-state index in [2.05, 4.69) is 54.6 Å². The van der Waals surface area contributed by atoms with Crippen molar-refractivity contribution in [2.45, 2.75) is 65.6 Å². The van der Waals surface area contributed by atoms with Crippen LogP contribution in [0.5, 0.6) is 0 Å². The molecule has 1 rings (SSSR count). The molecule has 0 bridgehead atoms. The van der Waals surface area contributed by atoms with Crippen molar-refractivity contribution in [3.8, 4) is 0 Å². The Hall–Kier alpha value is -0.580. The van der Waals surface area contributed by atoms with E-state index in [1.807, 2.05) is 7.05 Å². The largest absolute Gasteiger partial charge is 0.310 e. The minimum absolute atomic E-state index is 0.00736. The smallest absolute Gasteiger partial charge is 0.0834 e. The molecule has 4 nitrogen and oxygen atoms in total. The Labute approximate surface area is 134 Å². The van der Waals surface area contributed by atoms with Gasteiger partial charge in [0.15, 0.2) is 0 Å². The van der Waals surface area contributed by atoms with E-state index in [1.165, 1.54) is 0 Å². The normalized spacial score (nSPS) is 16.2. The molecule has 2 unspecified atom stereocenters. The average Bonchev–Trinajstić information content (AvgIpc) is 2.83. The van der Waals surface area contributed by atoms with E-state index in [1.54, 1.807) is 6.20 Å². The fraction of sp³-hybridized carbons (Fsp3) is 0.812. The van der Waals surface area contributed by atoms with Crippen LogP contribution in [0.1, 0.15) is 59.2 Å². The van der Waals surface area contributed by atoms with Crippen molar-refractivity contribution >= 4 is 11.6 Å². The molecule has 0 fully saturated rings. The number of hydrogen-bond acceptors (Lipinski definition) is 3. The zero-order valence-electron chi connectivity index (χ0n) is 14.4. The molecule has 1 aromatic heterocycles. The number of rotatable bonds is 9. The Morgan fingerprint density at radius 1 is 1.33 bits per heavy atom. The summed E-state index contributed by atoms with van der Waals surface area (Å²) in [6, 6.07) is 0.156. The molecule has 5 heteroatoms. The maximum atomic E-state index is 6.47. The van der Waals surface area contributed by atoms with Crippen LogP contribution in [0.15, 0.2) is 6.20 Å². The second kappa shape index (κ2) is 8.16. The molecule has 0 spiro atoms. The van der Waals surface area contributed by atoms with Gasteiger partial charge in [-0.25, -0.2) is 0 Å². The zero-order chi connectivity index (χ0) is 16.0. The minimum atomic E-state index is 0.00736. The molecule has 0 radical (unpaired) electrons. The van der Waals surface area contributed by atoms with Gasteiger partial charge in [-0.1, -0.05) is 39.3 Å². The summed E-state index contributed by atoms with van der Waals surface area (Å²) in [6.45, 7) is 14.1. The van der Waals surface area contributed by atoms with Gasteiger partial charge in [-0.15, -0.1) is 0 Å². The van der Waals surface area contributed by atoms with Crippen molar-refractivity contribution in [1.82, 2.24) is 20.0 Å². The van der Waals surface area contributed by atoms with Gasteiger partial charge in [0.05, 0.1) is 23.0 Å². The van der Waals surface area contributed by atoms with E-state index in [0.717, 1.165) is 43.2 Å². The molecular formula is C16H31ClN4. The summed E-state index contributed by atoms with van der Waals surface area (Å²) in [5.41, 5.74) is 1.12. The Kier molecular flexibility index (Phi) is 7.17. The van der Waals surface area contributed by atoms with E-state index >= 15 is 0 Å². The van der Waals surface area contributed by atoms with Gasteiger partial charge in [0.1, 0.15) is 0 Å². The molecule has 21 heavy (non-hydrogen) atoms. The number of likely N-dealkylation sites (N-methyl/N-ethyl adjacent to an activating group) is 2. The molecule has 0 aliphatic heterocycles. The fourth-order valence-electron chi connectivity index (χ4n) is 3.35. The van der Waals surface area contributed by atoms with E-state index in [9.17, 15) is 0 Å². The third kappa shape index (κ3) is 3.61. The molecule has 122 valence electrons. The average molecular weight is 315 g/mol. The van der Waals surface area contributed by atoms with Gasteiger partial charge >= 0.3 is 0 Å². The summed E-state index contributed by atoms with van der Waals surface area (Å²) >= 11 is 6.47. The summed E-state index contributed by atoms with van der Waals surface area (Å²) in [4.78, 5) is 2.51. The van der Waals surface area contributed by atoms with Crippen molar-refractivity contribution in [3.05, 3.63) is 16.9 Å². The molecule has 1 N–H and O–H groups in total. The van der Waals surface area contributed by atoms with Crippen LogP contribution >= 0.6 is 11.6 Å². The predicted octanol–water partition coefficient (Wildman–Crippen LogP) is 3.72.